The van der Waals surface area contributed by atoms with Crippen molar-refractivity contribution in [1.82, 2.24) is 10.2 Å². The van der Waals surface area contributed by atoms with E-state index in [1.165, 1.54) is 0 Å². The first-order valence-corrected chi connectivity index (χ1v) is 11.6. The number of carbonyl (C=O) groups is 1. The van der Waals surface area contributed by atoms with Gasteiger partial charge in [-0.3, -0.25) is 9.69 Å². The number of nitriles is 1. The highest BCUT2D eigenvalue weighted by molar-refractivity contribution is 6.32. The van der Waals surface area contributed by atoms with Crippen LogP contribution in [-0.4, -0.2) is 46.2 Å². The van der Waals surface area contributed by atoms with Crippen LogP contribution in [0.4, 0.5) is 0 Å². The predicted molar refractivity (Wildman–Crippen MR) is 130 cm³/mol. The van der Waals surface area contributed by atoms with Gasteiger partial charge in [0.1, 0.15) is 17.6 Å². The van der Waals surface area contributed by atoms with Crippen LogP contribution in [0.5, 0.6) is 11.5 Å². The molecule has 1 fully saturated rings. The number of amides is 1. The Hall–Kier alpha value is -2.59. The van der Waals surface area contributed by atoms with Gasteiger partial charge in [-0.25, -0.2) is 0 Å². The maximum Gasteiger partial charge on any atom is 0.251 e. The lowest BCUT2D eigenvalue weighted by Crippen LogP contribution is -2.64. The summed E-state index contributed by atoms with van der Waals surface area (Å²) in [6.45, 7) is 9.74. The highest BCUT2D eigenvalue weighted by Gasteiger charge is 2.45. The molecule has 0 aliphatic carbocycles. The third kappa shape index (κ3) is 5.86. The first-order chi connectivity index (χ1) is 15.6. The molecule has 7 heteroatoms. The summed E-state index contributed by atoms with van der Waals surface area (Å²) < 4.78 is 5.80. The number of para-hydroxylation sites is 1. The maximum atomic E-state index is 13.0. The van der Waals surface area contributed by atoms with Crippen LogP contribution in [0.15, 0.2) is 42.5 Å². The quantitative estimate of drug-likeness (QED) is 0.586. The second-order valence-corrected chi connectivity index (χ2v) is 10.2. The van der Waals surface area contributed by atoms with E-state index in [0.29, 0.717) is 27.6 Å². The second kappa shape index (κ2) is 10.1. The summed E-state index contributed by atoms with van der Waals surface area (Å²) in [6, 6.07) is 13.9. The molecule has 1 heterocycles. The molecule has 33 heavy (non-hydrogen) atoms. The van der Waals surface area contributed by atoms with Gasteiger partial charge in [0.25, 0.3) is 5.91 Å². The van der Waals surface area contributed by atoms with E-state index in [1.54, 1.807) is 42.5 Å². The zero-order chi connectivity index (χ0) is 24.2. The summed E-state index contributed by atoms with van der Waals surface area (Å²) in [5.74, 6) is 0.619. The summed E-state index contributed by atoms with van der Waals surface area (Å²) in [4.78, 5) is 15.4. The van der Waals surface area contributed by atoms with Gasteiger partial charge in [0, 0.05) is 35.8 Å². The Morgan fingerprint density at radius 3 is 2.45 bits per heavy atom. The molecule has 2 aromatic rings. The van der Waals surface area contributed by atoms with Crippen molar-refractivity contribution in [3.63, 3.8) is 0 Å². The fourth-order valence-corrected chi connectivity index (χ4v) is 5.23. The molecule has 1 amide bonds. The van der Waals surface area contributed by atoms with Crippen LogP contribution in [0.1, 0.15) is 62.9 Å². The molecule has 6 nitrogen and oxygen atoms in total. The van der Waals surface area contributed by atoms with Gasteiger partial charge in [0.15, 0.2) is 0 Å². The number of nitrogens with zero attached hydrogens (tertiary/aromatic N) is 2. The average molecular weight is 470 g/mol. The highest BCUT2D eigenvalue weighted by Crippen LogP contribution is 2.38. The monoisotopic (exact) mass is 469 g/mol. The molecular weight excluding hydrogens is 438 g/mol. The lowest BCUT2D eigenvalue weighted by Gasteiger charge is -2.55. The van der Waals surface area contributed by atoms with Crippen molar-refractivity contribution in [2.24, 2.45) is 0 Å². The van der Waals surface area contributed by atoms with Crippen molar-refractivity contribution in [1.29, 1.82) is 5.26 Å². The Balaban J connectivity index is 1.71. The molecule has 1 saturated heterocycles. The molecule has 0 unspecified atom stereocenters. The summed E-state index contributed by atoms with van der Waals surface area (Å²) in [5.41, 5.74) is 0.640. The minimum Gasteiger partial charge on any atom is -0.454 e. The highest BCUT2D eigenvalue weighted by atomic mass is 35.5. The maximum absolute atomic E-state index is 13.0. The van der Waals surface area contributed by atoms with Gasteiger partial charge < -0.3 is 15.2 Å². The number of likely N-dealkylation sites (tertiary alicyclic amines) is 1. The molecular formula is C26H32ClN3O3. The van der Waals surface area contributed by atoms with Gasteiger partial charge in [0.2, 0.25) is 0 Å². The average Bonchev–Trinajstić information content (AvgIpc) is 2.74. The molecule has 0 bridgehead atoms. The Morgan fingerprint density at radius 2 is 1.85 bits per heavy atom. The Bertz CT molecular complexity index is 1030. The van der Waals surface area contributed by atoms with Crippen LogP contribution < -0.4 is 10.1 Å². The standard InChI is InChI=1S/C26H32ClN3O3/c1-25(2)15-20(16-26(3,4)30(25)12-7-13-31)29-24(32)18-10-11-23(21(27)14-18)33-22-9-6-5-8-19(22)17-28/h5-6,8-11,14,20,31H,7,12-13,15-16H2,1-4H3,(H,29,32). The zero-order valence-corrected chi connectivity index (χ0v) is 20.4. The van der Waals surface area contributed by atoms with Crippen LogP contribution in [0, 0.1) is 11.3 Å². The first kappa shape index (κ1) is 25.0. The summed E-state index contributed by atoms with van der Waals surface area (Å²) in [6.07, 6.45) is 2.36. The number of hydrogen-bond donors (Lipinski definition) is 2. The minimum absolute atomic E-state index is 0.0186. The summed E-state index contributed by atoms with van der Waals surface area (Å²) in [7, 11) is 0. The molecule has 0 radical (unpaired) electrons. The van der Waals surface area contributed by atoms with E-state index in [1.807, 2.05) is 0 Å². The third-order valence-electron chi connectivity index (χ3n) is 6.25. The zero-order valence-electron chi connectivity index (χ0n) is 19.7. The molecule has 2 N–H and O–H groups in total. The number of aliphatic hydroxyl groups is 1. The van der Waals surface area contributed by atoms with Crippen LogP contribution in [0.2, 0.25) is 5.02 Å². The van der Waals surface area contributed by atoms with Crippen molar-refractivity contribution in [3.8, 4) is 17.6 Å². The molecule has 0 saturated carbocycles. The topological polar surface area (TPSA) is 85.6 Å². The van der Waals surface area contributed by atoms with Crippen molar-refractivity contribution >= 4 is 17.5 Å². The first-order valence-electron chi connectivity index (χ1n) is 11.2. The lowest BCUT2D eigenvalue weighted by molar-refractivity contribution is -0.0418. The third-order valence-corrected chi connectivity index (χ3v) is 6.55. The largest absolute Gasteiger partial charge is 0.454 e. The van der Waals surface area contributed by atoms with Crippen molar-refractivity contribution in [2.45, 2.75) is 64.1 Å². The smallest absolute Gasteiger partial charge is 0.251 e. The van der Waals surface area contributed by atoms with Gasteiger partial charge in [-0.05, 0) is 77.3 Å². The Kier molecular flexibility index (Phi) is 7.69. The SMILES string of the molecule is CC1(C)CC(NC(=O)c2ccc(Oc3ccccc3C#N)c(Cl)c2)CC(C)(C)N1CCCO. The van der Waals surface area contributed by atoms with Gasteiger partial charge in [-0.1, -0.05) is 23.7 Å². The van der Waals surface area contributed by atoms with E-state index >= 15 is 0 Å². The van der Waals surface area contributed by atoms with E-state index in [4.69, 9.17) is 16.3 Å². The molecule has 3 rings (SSSR count). The molecule has 1 aliphatic heterocycles. The number of ether oxygens (including phenoxy) is 1. The van der Waals surface area contributed by atoms with Gasteiger partial charge in [0.05, 0.1) is 10.6 Å². The number of rotatable bonds is 7. The lowest BCUT2D eigenvalue weighted by atomic mass is 9.76. The number of aliphatic hydroxyl groups excluding tert-OH is 1. The minimum atomic E-state index is -0.179. The van der Waals surface area contributed by atoms with Gasteiger partial charge in [-0.15, -0.1) is 0 Å². The number of halogens is 1. The number of nitrogens with one attached hydrogen (secondary N) is 1. The summed E-state index contributed by atoms with van der Waals surface area (Å²) >= 11 is 6.40. The predicted octanol–water partition coefficient (Wildman–Crippen LogP) is 5.14. The normalized spacial score (nSPS) is 17.8. The van der Waals surface area contributed by atoms with E-state index in [0.717, 1.165) is 25.8 Å². The fraction of sp³-hybridized carbons (Fsp3) is 0.462. The van der Waals surface area contributed by atoms with Gasteiger partial charge in [-0.2, -0.15) is 5.26 Å². The van der Waals surface area contributed by atoms with E-state index in [-0.39, 0.29) is 29.6 Å². The van der Waals surface area contributed by atoms with Crippen LogP contribution in [0.3, 0.4) is 0 Å². The molecule has 1 aliphatic rings. The molecule has 176 valence electrons. The fourth-order valence-electron chi connectivity index (χ4n) is 5.01. The van der Waals surface area contributed by atoms with Crippen LogP contribution in [-0.2, 0) is 0 Å². The molecule has 0 atom stereocenters. The van der Waals surface area contributed by atoms with Crippen LogP contribution in [0.25, 0.3) is 0 Å². The Morgan fingerprint density at radius 1 is 1.18 bits per heavy atom. The van der Waals surface area contributed by atoms with Crippen molar-refractivity contribution in [3.05, 3.63) is 58.6 Å². The van der Waals surface area contributed by atoms with E-state index < -0.39 is 0 Å². The Labute approximate surface area is 201 Å². The summed E-state index contributed by atoms with van der Waals surface area (Å²) in [5, 5.41) is 22.0. The van der Waals surface area contributed by atoms with E-state index in [2.05, 4.69) is 44.0 Å². The molecule has 0 spiro atoms. The second-order valence-electron chi connectivity index (χ2n) is 9.79. The molecule has 0 aromatic heterocycles. The number of piperidine rings is 1. The van der Waals surface area contributed by atoms with Gasteiger partial charge >= 0.3 is 0 Å². The van der Waals surface area contributed by atoms with Crippen LogP contribution >= 0.6 is 11.6 Å². The molecule has 2 aromatic carbocycles. The number of benzene rings is 2. The van der Waals surface area contributed by atoms with Crippen molar-refractivity contribution < 1.29 is 14.6 Å². The number of hydrogen-bond acceptors (Lipinski definition) is 5. The number of carbonyl (C=O) groups excluding carboxylic acids is 1. The van der Waals surface area contributed by atoms with E-state index in [9.17, 15) is 15.2 Å². The van der Waals surface area contributed by atoms with Crippen molar-refractivity contribution in [2.75, 3.05) is 13.2 Å².